The number of nitrogens with one attached hydrogen (secondary N) is 1. The zero-order valence-corrected chi connectivity index (χ0v) is 13.8. The second-order valence-electron chi connectivity index (χ2n) is 5.96. The molecule has 1 aliphatic rings. The van der Waals surface area contributed by atoms with Crippen LogP contribution in [0.4, 0.5) is 18.0 Å². The summed E-state index contributed by atoms with van der Waals surface area (Å²) in [5, 5.41) is 2.59. The van der Waals surface area contributed by atoms with E-state index in [1.165, 1.54) is 12.1 Å². The second kappa shape index (κ2) is 8.23. The van der Waals surface area contributed by atoms with Gasteiger partial charge in [-0.1, -0.05) is 6.07 Å². The molecule has 24 heavy (non-hydrogen) atoms. The van der Waals surface area contributed by atoms with Crippen molar-refractivity contribution >= 4 is 6.03 Å². The molecule has 0 aromatic heterocycles. The van der Waals surface area contributed by atoms with Crippen molar-refractivity contribution < 1.29 is 22.7 Å². The Kier molecular flexibility index (Phi) is 6.30. The molecule has 1 aromatic carbocycles. The summed E-state index contributed by atoms with van der Waals surface area (Å²) in [4.78, 5) is 16.0. The predicted molar refractivity (Wildman–Crippen MR) is 83.5 cm³/mol. The van der Waals surface area contributed by atoms with Crippen molar-refractivity contribution in [2.75, 3.05) is 27.2 Å². The molecule has 0 aliphatic carbocycles. The number of likely N-dealkylation sites (tertiary alicyclic amines) is 1. The maximum Gasteiger partial charge on any atom is 0.387 e. The molecule has 1 aromatic rings. The van der Waals surface area contributed by atoms with Crippen molar-refractivity contribution in [3.8, 4) is 5.75 Å². The molecule has 134 valence electrons. The van der Waals surface area contributed by atoms with E-state index in [0.29, 0.717) is 13.1 Å². The lowest BCUT2D eigenvalue weighted by Gasteiger charge is -2.36. The summed E-state index contributed by atoms with van der Waals surface area (Å²) in [5.74, 6) is -0.964. The van der Waals surface area contributed by atoms with Crippen LogP contribution in [0.3, 0.4) is 0 Å². The lowest BCUT2D eigenvalue weighted by atomic mass is 10.1. The Morgan fingerprint density at radius 1 is 1.46 bits per heavy atom. The number of benzene rings is 1. The molecule has 0 saturated carbocycles. The minimum atomic E-state index is -3.05. The molecule has 1 atom stereocenters. The highest BCUT2D eigenvalue weighted by atomic mass is 19.3. The highest BCUT2D eigenvalue weighted by Crippen LogP contribution is 2.23. The number of carbonyl (C=O) groups excluding carboxylic acids is 1. The van der Waals surface area contributed by atoms with E-state index in [4.69, 9.17) is 0 Å². The molecule has 1 heterocycles. The van der Waals surface area contributed by atoms with Crippen molar-refractivity contribution in [3.05, 3.63) is 29.6 Å². The smallest absolute Gasteiger partial charge is 0.387 e. The third kappa shape index (κ3) is 4.77. The summed E-state index contributed by atoms with van der Waals surface area (Å²) >= 11 is 0. The highest BCUT2D eigenvalue weighted by molar-refractivity contribution is 5.74. The monoisotopic (exact) mass is 345 g/mol. The average Bonchev–Trinajstić information content (AvgIpc) is 2.53. The molecule has 8 heteroatoms. The number of ether oxygens (including phenoxy) is 1. The van der Waals surface area contributed by atoms with E-state index in [1.807, 2.05) is 14.1 Å². The summed E-state index contributed by atoms with van der Waals surface area (Å²) in [6, 6.07) is 3.61. The largest absolute Gasteiger partial charge is 0.434 e. The first-order valence-corrected chi connectivity index (χ1v) is 7.80. The van der Waals surface area contributed by atoms with Gasteiger partial charge in [-0.15, -0.1) is 0 Å². The highest BCUT2D eigenvalue weighted by Gasteiger charge is 2.25. The van der Waals surface area contributed by atoms with Crippen LogP contribution in [0.2, 0.25) is 0 Å². The first-order chi connectivity index (χ1) is 11.4. The van der Waals surface area contributed by atoms with Gasteiger partial charge in [0.15, 0.2) is 0 Å². The van der Waals surface area contributed by atoms with E-state index in [1.54, 1.807) is 4.90 Å². The maximum atomic E-state index is 13.9. The normalized spacial score (nSPS) is 18.1. The standard InChI is InChI=1S/C16H22F3N3O2/c1-21(2)11-5-4-8-22(10-11)16(23)20-9-12-13(17)6-3-7-14(12)24-15(18)19/h3,6-7,11,15H,4-5,8-10H2,1-2H3,(H,20,23)/t11-/m1/s1. The van der Waals surface area contributed by atoms with Gasteiger partial charge < -0.3 is 19.9 Å². The Morgan fingerprint density at radius 3 is 2.88 bits per heavy atom. The van der Waals surface area contributed by atoms with E-state index in [0.717, 1.165) is 18.9 Å². The third-order valence-electron chi connectivity index (χ3n) is 4.12. The molecule has 2 rings (SSSR count). The Hall–Kier alpha value is -1.96. The van der Waals surface area contributed by atoms with Crippen LogP contribution in [0.25, 0.3) is 0 Å². The molecular formula is C16H22F3N3O2. The molecule has 1 N–H and O–H groups in total. The van der Waals surface area contributed by atoms with E-state index < -0.39 is 12.4 Å². The van der Waals surface area contributed by atoms with Crippen molar-refractivity contribution in [1.29, 1.82) is 0 Å². The van der Waals surface area contributed by atoms with Crippen LogP contribution < -0.4 is 10.1 Å². The maximum absolute atomic E-state index is 13.9. The first-order valence-electron chi connectivity index (χ1n) is 7.80. The van der Waals surface area contributed by atoms with Crippen molar-refractivity contribution in [3.63, 3.8) is 0 Å². The van der Waals surface area contributed by atoms with Crippen LogP contribution in [0.5, 0.6) is 5.75 Å². The number of rotatable bonds is 5. The molecule has 2 amide bonds. The summed E-state index contributed by atoms with van der Waals surface area (Å²) < 4.78 is 43.0. The Morgan fingerprint density at radius 2 is 2.21 bits per heavy atom. The number of nitrogens with zero attached hydrogens (tertiary/aromatic N) is 2. The third-order valence-corrected chi connectivity index (χ3v) is 4.12. The lowest BCUT2D eigenvalue weighted by Crippen LogP contribution is -2.50. The minimum Gasteiger partial charge on any atom is -0.434 e. The van der Waals surface area contributed by atoms with E-state index >= 15 is 0 Å². The number of urea groups is 1. The van der Waals surface area contributed by atoms with Gasteiger partial charge in [0.25, 0.3) is 0 Å². The molecule has 1 fully saturated rings. The van der Waals surface area contributed by atoms with E-state index in [-0.39, 0.29) is 29.9 Å². The van der Waals surface area contributed by atoms with E-state index in [9.17, 15) is 18.0 Å². The Balaban J connectivity index is 1.99. The van der Waals surface area contributed by atoms with Crippen LogP contribution in [0, 0.1) is 5.82 Å². The number of halogens is 3. The van der Waals surface area contributed by atoms with Crippen LogP contribution in [0.15, 0.2) is 18.2 Å². The number of piperidine rings is 1. The fourth-order valence-corrected chi connectivity index (χ4v) is 2.75. The van der Waals surface area contributed by atoms with E-state index in [2.05, 4.69) is 15.0 Å². The van der Waals surface area contributed by atoms with Crippen molar-refractivity contribution in [2.24, 2.45) is 0 Å². The fourth-order valence-electron chi connectivity index (χ4n) is 2.75. The second-order valence-corrected chi connectivity index (χ2v) is 5.96. The minimum absolute atomic E-state index is 0.0904. The summed E-state index contributed by atoms with van der Waals surface area (Å²) in [7, 11) is 3.92. The van der Waals surface area contributed by atoms with Crippen molar-refractivity contribution in [2.45, 2.75) is 32.0 Å². The molecular weight excluding hydrogens is 323 g/mol. The van der Waals surface area contributed by atoms with Gasteiger partial charge in [0.05, 0.1) is 6.54 Å². The quantitative estimate of drug-likeness (QED) is 0.892. The topological polar surface area (TPSA) is 44.8 Å². The number of alkyl halides is 2. The summed E-state index contributed by atoms with van der Waals surface area (Å²) in [6.07, 6.45) is 1.90. The van der Waals surface area contributed by atoms with Gasteiger partial charge in [-0.2, -0.15) is 8.78 Å². The lowest BCUT2D eigenvalue weighted by molar-refractivity contribution is -0.0506. The van der Waals surface area contributed by atoms with Gasteiger partial charge in [-0.05, 0) is 39.1 Å². The predicted octanol–water partition coefficient (Wildman–Crippen LogP) is 2.66. The zero-order valence-electron chi connectivity index (χ0n) is 13.8. The fraction of sp³-hybridized carbons (Fsp3) is 0.562. The number of hydrogen-bond acceptors (Lipinski definition) is 3. The average molecular weight is 345 g/mol. The Labute approximate surface area is 139 Å². The van der Waals surface area contributed by atoms with Crippen LogP contribution in [0.1, 0.15) is 18.4 Å². The van der Waals surface area contributed by atoms with Gasteiger partial charge in [0.2, 0.25) is 0 Å². The zero-order chi connectivity index (χ0) is 17.7. The molecule has 0 bridgehead atoms. The molecule has 0 radical (unpaired) electrons. The molecule has 0 unspecified atom stereocenters. The molecule has 0 spiro atoms. The molecule has 1 saturated heterocycles. The summed E-state index contributed by atoms with van der Waals surface area (Å²) in [6.45, 7) is -2.06. The van der Waals surface area contributed by atoms with Crippen LogP contribution in [-0.2, 0) is 6.54 Å². The van der Waals surface area contributed by atoms with Gasteiger partial charge in [-0.3, -0.25) is 0 Å². The van der Waals surface area contributed by atoms with Gasteiger partial charge in [0.1, 0.15) is 11.6 Å². The van der Waals surface area contributed by atoms with Crippen LogP contribution >= 0.6 is 0 Å². The van der Waals surface area contributed by atoms with Gasteiger partial charge >= 0.3 is 12.6 Å². The number of likely N-dealkylation sites (N-methyl/N-ethyl adjacent to an activating group) is 1. The molecule has 5 nitrogen and oxygen atoms in total. The summed E-state index contributed by atoms with van der Waals surface area (Å²) in [5.41, 5.74) is -0.0904. The van der Waals surface area contributed by atoms with Crippen LogP contribution in [-0.4, -0.2) is 55.7 Å². The SMILES string of the molecule is CN(C)[C@@H]1CCCN(C(=O)NCc2c(F)cccc2OC(F)F)C1. The number of carbonyl (C=O) groups is 1. The van der Waals surface area contributed by atoms with Gasteiger partial charge in [-0.25, -0.2) is 9.18 Å². The number of hydrogen-bond donors (Lipinski definition) is 1. The first kappa shape index (κ1) is 18.4. The Bertz CT molecular complexity index is 569. The number of amides is 2. The van der Waals surface area contributed by atoms with Gasteiger partial charge in [0, 0.05) is 24.7 Å². The van der Waals surface area contributed by atoms with Crippen molar-refractivity contribution in [1.82, 2.24) is 15.1 Å². The molecule has 1 aliphatic heterocycles.